The van der Waals surface area contributed by atoms with Crippen molar-refractivity contribution in [1.82, 2.24) is 10.6 Å². The van der Waals surface area contributed by atoms with Gasteiger partial charge in [0.1, 0.15) is 0 Å². The molecule has 5 heteroatoms. The summed E-state index contributed by atoms with van der Waals surface area (Å²) in [6.45, 7) is 4.15. The third kappa shape index (κ3) is 4.45. The molecular weight excluding hydrogens is 316 g/mol. The Morgan fingerprint density at radius 3 is 1.76 bits per heavy atom. The first-order valence-corrected chi connectivity index (χ1v) is 8.35. The van der Waals surface area contributed by atoms with Crippen molar-refractivity contribution in [3.05, 3.63) is 71.8 Å². The minimum absolute atomic E-state index is 0.0735. The molecule has 132 valence electrons. The molecule has 0 saturated heterocycles. The first kappa shape index (κ1) is 18.7. The highest BCUT2D eigenvalue weighted by molar-refractivity contribution is 5.90. The molecule has 2 amide bonds. The Labute approximate surface area is 148 Å². The van der Waals surface area contributed by atoms with Crippen molar-refractivity contribution in [2.75, 3.05) is 13.1 Å². The number of hydrogen-bond donors (Lipinski definition) is 3. The zero-order chi connectivity index (χ0) is 18.3. The van der Waals surface area contributed by atoms with E-state index in [9.17, 15) is 14.7 Å². The van der Waals surface area contributed by atoms with Gasteiger partial charge in [-0.25, -0.2) is 0 Å². The summed E-state index contributed by atoms with van der Waals surface area (Å²) in [5.41, 5.74) is -0.806. The number of aliphatic hydroxyl groups is 1. The maximum atomic E-state index is 12.8. The number of rotatable bonds is 7. The number of nitrogens with one attached hydrogen (secondary N) is 2. The fourth-order valence-electron chi connectivity index (χ4n) is 2.48. The molecule has 0 aliphatic heterocycles. The van der Waals surface area contributed by atoms with E-state index in [-0.39, 0.29) is 18.4 Å². The summed E-state index contributed by atoms with van der Waals surface area (Å²) in [5, 5.41) is 16.7. The maximum Gasteiger partial charge on any atom is 0.261 e. The minimum atomic E-state index is -1.79. The molecule has 0 unspecified atom stereocenters. The zero-order valence-corrected chi connectivity index (χ0v) is 14.5. The summed E-state index contributed by atoms with van der Waals surface area (Å²) >= 11 is 0. The SMILES string of the molecule is CC(C)C(=O)NCCNC(=O)C(O)(c1ccccc1)c1ccccc1. The molecule has 0 fully saturated rings. The summed E-state index contributed by atoms with van der Waals surface area (Å²) in [4.78, 5) is 24.3. The molecule has 0 aromatic heterocycles. The predicted molar refractivity (Wildman–Crippen MR) is 96.7 cm³/mol. The molecule has 0 aliphatic rings. The Bertz CT molecular complexity index is 660. The smallest absolute Gasteiger partial charge is 0.261 e. The second kappa shape index (κ2) is 8.44. The third-order valence-corrected chi connectivity index (χ3v) is 3.95. The van der Waals surface area contributed by atoms with Crippen molar-refractivity contribution < 1.29 is 14.7 Å². The van der Waals surface area contributed by atoms with E-state index in [0.717, 1.165) is 0 Å². The van der Waals surface area contributed by atoms with Gasteiger partial charge in [0.05, 0.1) is 0 Å². The summed E-state index contributed by atoms with van der Waals surface area (Å²) in [5.74, 6) is -0.708. The van der Waals surface area contributed by atoms with Crippen LogP contribution in [0.3, 0.4) is 0 Å². The van der Waals surface area contributed by atoms with Crippen LogP contribution in [0.2, 0.25) is 0 Å². The average Bonchev–Trinajstić information content (AvgIpc) is 2.65. The highest BCUT2D eigenvalue weighted by Gasteiger charge is 2.39. The lowest BCUT2D eigenvalue weighted by Crippen LogP contribution is -2.47. The van der Waals surface area contributed by atoms with E-state index < -0.39 is 11.5 Å². The van der Waals surface area contributed by atoms with Gasteiger partial charge in [0, 0.05) is 19.0 Å². The second-order valence-corrected chi connectivity index (χ2v) is 6.14. The van der Waals surface area contributed by atoms with Gasteiger partial charge in [0.15, 0.2) is 5.60 Å². The summed E-state index contributed by atoms with van der Waals surface area (Å²) in [7, 11) is 0. The average molecular weight is 340 g/mol. The van der Waals surface area contributed by atoms with Crippen LogP contribution < -0.4 is 10.6 Å². The van der Waals surface area contributed by atoms with Crippen LogP contribution >= 0.6 is 0 Å². The van der Waals surface area contributed by atoms with E-state index in [2.05, 4.69) is 10.6 Å². The van der Waals surface area contributed by atoms with Crippen LogP contribution in [0.25, 0.3) is 0 Å². The maximum absolute atomic E-state index is 12.8. The molecule has 3 N–H and O–H groups in total. The molecule has 25 heavy (non-hydrogen) atoms. The van der Waals surface area contributed by atoms with Crippen molar-refractivity contribution in [3.63, 3.8) is 0 Å². The molecule has 2 aromatic rings. The number of hydrogen-bond acceptors (Lipinski definition) is 3. The summed E-state index contributed by atoms with van der Waals surface area (Å²) in [6, 6.07) is 17.6. The molecule has 0 aliphatic carbocycles. The molecular formula is C20H24N2O3. The van der Waals surface area contributed by atoms with E-state index >= 15 is 0 Å². The van der Waals surface area contributed by atoms with Crippen molar-refractivity contribution in [1.29, 1.82) is 0 Å². The largest absolute Gasteiger partial charge is 0.372 e. The van der Waals surface area contributed by atoms with Crippen LogP contribution in [-0.4, -0.2) is 30.0 Å². The van der Waals surface area contributed by atoms with Gasteiger partial charge < -0.3 is 15.7 Å². The zero-order valence-electron chi connectivity index (χ0n) is 14.5. The lowest BCUT2D eigenvalue weighted by molar-refractivity contribution is -0.136. The topological polar surface area (TPSA) is 78.4 Å². The molecule has 2 rings (SSSR count). The van der Waals surface area contributed by atoms with Gasteiger partial charge >= 0.3 is 0 Å². The quantitative estimate of drug-likeness (QED) is 0.673. The summed E-state index contributed by atoms with van der Waals surface area (Å²) < 4.78 is 0. The van der Waals surface area contributed by atoms with E-state index in [0.29, 0.717) is 17.7 Å². The van der Waals surface area contributed by atoms with Crippen LogP contribution in [0.5, 0.6) is 0 Å². The lowest BCUT2D eigenvalue weighted by atomic mass is 9.85. The van der Waals surface area contributed by atoms with Gasteiger partial charge in [0.2, 0.25) is 5.91 Å². The van der Waals surface area contributed by atoms with Gasteiger partial charge in [-0.15, -0.1) is 0 Å². The number of carbonyl (C=O) groups excluding carboxylic acids is 2. The van der Waals surface area contributed by atoms with Crippen molar-refractivity contribution in [2.24, 2.45) is 5.92 Å². The normalized spacial score (nSPS) is 11.2. The standard InChI is InChI=1S/C20H24N2O3/c1-15(2)18(23)21-13-14-22-19(24)20(25,16-9-5-3-6-10-16)17-11-7-4-8-12-17/h3-12,15,25H,13-14H2,1-2H3,(H,21,23)(H,22,24). The highest BCUT2D eigenvalue weighted by Crippen LogP contribution is 2.29. The lowest BCUT2D eigenvalue weighted by Gasteiger charge is -2.28. The third-order valence-electron chi connectivity index (χ3n) is 3.95. The fourth-order valence-corrected chi connectivity index (χ4v) is 2.48. The molecule has 0 heterocycles. The Balaban J connectivity index is 2.14. The highest BCUT2D eigenvalue weighted by atomic mass is 16.3. The van der Waals surface area contributed by atoms with Gasteiger partial charge in [-0.05, 0) is 11.1 Å². The van der Waals surface area contributed by atoms with E-state index in [4.69, 9.17) is 0 Å². The minimum Gasteiger partial charge on any atom is -0.372 e. The van der Waals surface area contributed by atoms with Crippen LogP contribution in [0, 0.1) is 5.92 Å². The molecule has 0 bridgehead atoms. The van der Waals surface area contributed by atoms with Gasteiger partial charge in [0.25, 0.3) is 5.91 Å². The van der Waals surface area contributed by atoms with Crippen molar-refractivity contribution in [2.45, 2.75) is 19.4 Å². The number of amides is 2. The molecule has 0 spiro atoms. The first-order valence-electron chi connectivity index (χ1n) is 8.35. The molecule has 0 radical (unpaired) electrons. The van der Waals surface area contributed by atoms with Gasteiger partial charge in [-0.1, -0.05) is 74.5 Å². The number of carbonyl (C=O) groups is 2. The van der Waals surface area contributed by atoms with Crippen LogP contribution in [-0.2, 0) is 15.2 Å². The number of benzene rings is 2. The van der Waals surface area contributed by atoms with Crippen LogP contribution in [0.4, 0.5) is 0 Å². The van der Waals surface area contributed by atoms with Gasteiger partial charge in [-0.2, -0.15) is 0 Å². The van der Waals surface area contributed by atoms with Gasteiger partial charge in [-0.3, -0.25) is 9.59 Å². The predicted octanol–water partition coefficient (Wildman–Crippen LogP) is 1.81. The molecule has 5 nitrogen and oxygen atoms in total. The Kier molecular flexibility index (Phi) is 6.31. The molecule has 0 atom stereocenters. The van der Waals surface area contributed by atoms with Crippen LogP contribution in [0.1, 0.15) is 25.0 Å². The van der Waals surface area contributed by atoms with Crippen molar-refractivity contribution in [3.8, 4) is 0 Å². The summed E-state index contributed by atoms with van der Waals surface area (Å²) in [6.07, 6.45) is 0. The Hall–Kier alpha value is -2.66. The monoisotopic (exact) mass is 340 g/mol. The molecule has 0 saturated carbocycles. The second-order valence-electron chi connectivity index (χ2n) is 6.14. The van der Waals surface area contributed by atoms with Crippen molar-refractivity contribution >= 4 is 11.8 Å². The van der Waals surface area contributed by atoms with E-state index in [1.54, 1.807) is 62.4 Å². The first-order chi connectivity index (χ1) is 12.0. The Morgan fingerprint density at radius 1 is 0.880 bits per heavy atom. The van der Waals surface area contributed by atoms with Crippen LogP contribution in [0.15, 0.2) is 60.7 Å². The Morgan fingerprint density at radius 2 is 1.32 bits per heavy atom. The van der Waals surface area contributed by atoms with E-state index in [1.165, 1.54) is 0 Å². The fraction of sp³-hybridized carbons (Fsp3) is 0.300. The molecule has 2 aromatic carbocycles. The van der Waals surface area contributed by atoms with E-state index in [1.807, 2.05) is 12.1 Å².